The maximum atomic E-state index is 7.29. The largest absolute Gasteiger partial charge is 0.495 e. The molecule has 1 rings (SSSR count). The van der Waals surface area contributed by atoms with Crippen molar-refractivity contribution in [1.29, 1.82) is 5.41 Å². The smallest absolute Gasteiger partial charge is 0.186 e. The topological polar surface area (TPSA) is 80.4 Å². The van der Waals surface area contributed by atoms with Gasteiger partial charge in [0.15, 0.2) is 5.96 Å². The van der Waals surface area contributed by atoms with E-state index in [0.717, 1.165) is 44.2 Å². The summed E-state index contributed by atoms with van der Waals surface area (Å²) in [5.74, 6) is 2.28. The monoisotopic (exact) mass is 704 g/mol. The molecule has 4 N–H and O–H groups in total. The van der Waals surface area contributed by atoms with E-state index in [1.165, 1.54) is 128 Å². The second kappa shape index (κ2) is 35.3. The molecule has 0 saturated heterocycles. The molecule has 1 atom stereocenters. The maximum Gasteiger partial charge on any atom is 0.186 e. The molecule has 0 bridgehead atoms. The molecule has 0 heterocycles. The fourth-order valence-electron chi connectivity index (χ4n) is 5.45. The highest BCUT2D eigenvalue weighted by Gasteiger charge is 2.21. The van der Waals surface area contributed by atoms with Gasteiger partial charge >= 0.3 is 0 Å². The van der Waals surface area contributed by atoms with Crippen molar-refractivity contribution >= 4 is 27.5 Å². The van der Waals surface area contributed by atoms with E-state index in [1.54, 1.807) is 27.2 Å². The molecule has 1 aliphatic rings. The molecule has 0 aromatic rings. The van der Waals surface area contributed by atoms with Crippen molar-refractivity contribution in [1.82, 2.24) is 5.32 Å². The Labute approximate surface area is 304 Å². The number of ether oxygens (including phenoxy) is 2. The summed E-state index contributed by atoms with van der Waals surface area (Å²) in [6.45, 7) is 6.58. The first-order chi connectivity index (χ1) is 23.7. The van der Waals surface area contributed by atoms with E-state index in [4.69, 9.17) is 20.6 Å². The Balaban J connectivity index is 2.05. The van der Waals surface area contributed by atoms with E-state index in [9.17, 15) is 0 Å². The van der Waals surface area contributed by atoms with Gasteiger partial charge in [-0.05, 0) is 76.5 Å². The lowest BCUT2D eigenvalue weighted by atomic mass is 10.1. The quantitative estimate of drug-likeness (QED) is 0.0115. The van der Waals surface area contributed by atoms with E-state index in [-0.39, 0.29) is 5.96 Å². The molecule has 48 heavy (non-hydrogen) atoms. The highest BCUT2D eigenvalue weighted by molar-refractivity contribution is 8.77. The van der Waals surface area contributed by atoms with E-state index in [0.29, 0.717) is 12.5 Å². The number of hydrogen-bond donors (Lipinski definition) is 3. The zero-order valence-electron chi connectivity index (χ0n) is 31.0. The summed E-state index contributed by atoms with van der Waals surface area (Å²) in [5.41, 5.74) is 7.04. The summed E-state index contributed by atoms with van der Waals surface area (Å²) in [7, 11) is 3.21. The molecular formula is C41H73N3O2S2. The van der Waals surface area contributed by atoms with Gasteiger partial charge in [0.2, 0.25) is 0 Å². The van der Waals surface area contributed by atoms with Crippen LogP contribution in [0.1, 0.15) is 162 Å². The Morgan fingerprint density at radius 2 is 1.33 bits per heavy atom. The van der Waals surface area contributed by atoms with Gasteiger partial charge < -0.3 is 20.5 Å². The maximum absolute atomic E-state index is 7.29. The second-order valence-corrected chi connectivity index (χ2v) is 15.3. The summed E-state index contributed by atoms with van der Waals surface area (Å²) in [6, 6.07) is 0. The van der Waals surface area contributed by atoms with Gasteiger partial charge in [0.05, 0.1) is 12.5 Å². The van der Waals surface area contributed by atoms with Crippen LogP contribution in [0, 0.1) is 11.3 Å². The Morgan fingerprint density at radius 1 is 0.750 bits per heavy atom. The van der Waals surface area contributed by atoms with Crippen molar-refractivity contribution in [2.75, 3.05) is 25.7 Å². The highest BCUT2D eigenvalue weighted by Crippen LogP contribution is 2.36. The van der Waals surface area contributed by atoms with Gasteiger partial charge in [0, 0.05) is 12.0 Å². The normalized spacial score (nSPS) is 14.8. The number of hydrogen-bond acceptors (Lipinski definition) is 5. The van der Waals surface area contributed by atoms with Gasteiger partial charge in [-0.1, -0.05) is 161 Å². The van der Waals surface area contributed by atoms with Crippen LogP contribution >= 0.6 is 21.6 Å². The van der Waals surface area contributed by atoms with Crippen LogP contribution in [0.15, 0.2) is 59.3 Å². The van der Waals surface area contributed by atoms with E-state index in [2.05, 4.69) is 61.7 Å². The minimum Gasteiger partial charge on any atom is -0.495 e. The molecule has 0 amide bonds. The number of rotatable bonds is 36. The third-order valence-corrected chi connectivity index (χ3v) is 10.3. The summed E-state index contributed by atoms with van der Waals surface area (Å²) < 4.78 is 12.1. The van der Waals surface area contributed by atoms with Gasteiger partial charge in [-0.3, -0.25) is 5.41 Å². The molecule has 0 aliphatic heterocycles. The molecule has 0 aromatic heterocycles. The molecule has 276 valence electrons. The Kier molecular flexibility index (Phi) is 32.7. The molecule has 7 heteroatoms. The Hall–Kier alpha value is -1.57. The molecule has 0 radical (unpaired) electrons. The van der Waals surface area contributed by atoms with Crippen LogP contribution in [0.5, 0.6) is 0 Å². The summed E-state index contributed by atoms with van der Waals surface area (Å²) in [6.07, 6.45) is 45.6. The SMILES string of the molecule is CCCCC/C=C\C/C=C\CCCCCCCCOC/C(=C/SSCNC(=N)N)OCCCCCCCC1C=C1C/C=C\CCCCC. The van der Waals surface area contributed by atoms with Crippen molar-refractivity contribution in [3.63, 3.8) is 0 Å². The van der Waals surface area contributed by atoms with Gasteiger partial charge in [0.1, 0.15) is 12.4 Å². The average Bonchev–Trinajstić information content (AvgIpc) is 3.84. The van der Waals surface area contributed by atoms with Crippen LogP contribution in [0.25, 0.3) is 0 Å². The lowest BCUT2D eigenvalue weighted by Crippen LogP contribution is -2.29. The molecule has 5 nitrogen and oxygen atoms in total. The van der Waals surface area contributed by atoms with Crippen LogP contribution in [0.4, 0.5) is 0 Å². The van der Waals surface area contributed by atoms with Crippen molar-refractivity contribution in [2.24, 2.45) is 11.7 Å². The van der Waals surface area contributed by atoms with Gasteiger partial charge in [-0.25, -0.2) is 0 Å². The van der Waals surface area contributed by atoms with Crippen molar-refractivity contribution in [2.45, 2.75) is 162 Å². The second-order valence-electron chi connectivity index (χ2n) is 13.1. The number of nitrogens with one attached hydrogen (secondary N) is 2. The van der Waals surface area contributed by atoms with Crippen molar-refractivity contribution < 1.29 is 9.47 Å². The standard InChI is InChI=1S/C41H73N3O2S2/c1-3-5-7-9-11-12-13-14-15-16-17-18-19-20-24-28-32-45-35-40(36-47-48-37-44-41(42)43)46-33-29-25-21-23-27-31-39-34-38(39)30-26-22-10-8-6-4-2/h11-12,14-15,22,26,34,36,39H,3-10,13,16-21,23-25,27-33,35,37H2,1-2H3,(H4,42,43,44)/b12-11-,15-14-,26-22-,40-36-. The van der Waals surface area contributed by atoms with Crippen LogP contribution < -0.4 is 11.1 Å². The molecule has 0 fully saturated rings. The average molecular weight is 704 g/mol. The first-order valence-electron chi connectivity index (χ1n) is 19.6. The third-order valence-electron chi connectivity index (χ3n) is 8.53. The molecule has 0 saturated carbocycles. The predicted molar refractivity (Wildman–Crippen MR) is 216 cm³/mol. The third kappa shape index (κ3) is 31.7. The van der Waals surface area contributed by atoms with E-state index < -0.39 is 0 Å². The number of nitrogens with two attached hydrogens (primary N) is 1. The minimum atomic E-state index is -0.000610. The first-order valence-corrected chi connectivity index (χ1v) is 22.0. The fraction of sp³-hybridized carbons (Fsp3) is 0.732. The Morgan fingerprint density at radius 3 is 2.00 bits per heavy atom. The van der Waals surface area contributed by atoms with Crippen LogP contribution in [-0.2, 0) is 9.47 Å². The van der Waals surface area contributed by atoms with Gasteiger partial charge in [-0.2, -0.15) is 0 Å². The highest BCUT2D eigenvalue weighted by atomic mass is 33.1. The van der Waals surface area contributed by atoms with Crippen LogP contribution in [-0.4, -0.2) is 31.7 Å². The van der Waals surface area contributed by atoms with Crippen LogP contribution in [0.2, 0.25) is 0 Å². The summed E-state index contributed by atoms with van der Waals surface area (Å²) in [5, 5.41) is 12.2. The summed E-state index contributed by atoms with van der Waals surface area (Å²) in [4.78, 5) is 0. The van der Waals surface area contributed by atoms with Crippen LogP contribution in [0.3, 0.4) is 0 Å². The lowest BCUT2D eigenvalue weighted by molar-refractivity contribution is 0.0941. The number of guanidine groups is 1. The predicted octanol–water partition coefficient (Wildman–Crippen LogP) is 12.9. The molecule has 1 aliphatic carbocycles. The van der Waals surface area contributed by atoms with Crippen molar-refractivity contribution in [3.05, 3.63) is 59.3 Å². The minimum absolute atomic E-state index is 0.000610. The zero-order valence-corrected chi connectivity index (χ0v) is 32.6. The zero-order chi connectivity index (χ0) is 34.6. The summed E-state index contributed by atoms with van der Waals surface area (Å²) >= 11 is 0. The lowest BCUT2D eigenvalue weighted by Gasteiger charge is -2.12. The van der Waals surface area contributed by atoms with Gasteiger partial charge in [0.25, 0.3) is 0 Å². The van der Waals surface area contributed by atoms with E-state index in [1.807, 2.05) is 5.41 Å². The van der Waals surface area contributed by atoms with Gasteiger partial charge in [-0.15, -0.1) is 0 Å². The Bertz CT molecular complexity index is 900. The van der Waals surface area contributed by atoms with E-state index >= 15 is 0 Å². The first kappa shape index (κ1) is 44.5. The molecule has 1 unspecified atom stereocenters. The number of allylic oxidation sites excluding steroid dienone is 8. The number of unbranched alkanes of at least 4 members (excludes halogenated alkanes) is 16. The fourth-order valence-corrected chi connectivity index (χ4v) is 6.95. The molecule has 0 spiro atoms. The molecule has 0 aromatic carbocycles. The molecular weight excluding hydrogens is 631 g/mol. The van der Waals surface area contributed by atoms with Crippen molar-refractivity contribution in [3.8, 4) is 0 Å².